The van der Waals surface area contributed by atoms with E-state index in [-0.39, 0.29) is 36.7 Å². The summed E-state index contributed by atoms with van der Waals surface area (Å²) in [6.07, 6.45) is 0.201. The van der Waals surface area contributed by atoms with Gasteiger partial charge in [-0.15, -0.1) is 0 Å². The maximum atomic E-state index is 12.4. The molecule has 1 atom stereocenters. The van der Waals surface area contributed by atoms with E-state index in [1.165, 1.54) is 0 Å². The van der Waals surface area contributed by atoms with Gasteiger partial charge in [0, 0.05) is 37.0 Å². The van der Waals surface area contributed by atoms with Gasteiger partial charge in [-0.05, 0) is 42.3 Å². The molecular weight excluding hydrogens is 410 g/mol. The Kier molecular flexibility index (Phi) is 7.70. The van der Waals surface area contributed by atoms with E-state index in [2.05, 4.69) is 10.6 Å². The molecular formula is C24H29N3O5. The molecule has 170 valence electrons. The molecule has 0 radical (unpaired) electrons. The number of nitrogens with zero attached hydrogens (tertiary/aromatic N) is 1. The van der Waals surface area contributed by atoms with Crippen molar-refractivity contribution in [2.24, 2.45) is 11.8 Å². The van der Waals surface area contributed by atoms with Crippen LogP contribution in [0.15, 0.2) is 48.5 Å². The first-order chi connectivity index (χ1) is 15.4. The molecule has 2 aromatic rings. The van der Waals surface area contributed by atoms with Crippen LogP contribution in [0.3, 0.4) is 0 Å². The average Bonchev–Trinajstić information content (AvgIpc) is 3.18. The quantitative estimate of drug-likeness (QED) is 0.626. The van der Waals surface area contributed by atoms with E-state index in [1.54, 1.807) is 60.5 Å². The van der Waals surface area contributed by atoms with Crippen molar-refractivity contribution in [1.82, 2.24) is 5.32 Å². The number of anilines is 2. The molecule has 1 heterocycles. The number of rotatable bonds is 9. The van der Waals surface area contributed by atoms with Crippen LogP contribution >= 0.6 is 0 Å². The van der Waals surface area contributed by atoms with Crippen LogP contribution in [0.25, 0.3) is 0 Å². The molecule has 0 bridgehead atoms. The fourth-order valence-corrected chi connectivity index (χ4v) is 3.35. The summed E-state index contributed by atoms with van der Waals surface area (Å²) in [4.78, 5) is 38.4. The van der Waals surface area contributed by atoms with Gasteiger partial charge >= 0.3 is 0 Å². The molecule has 1 saturated heterocycles. The van der Waals surface area contributed by atoms with E-state index in [9.17, 15) is 14.4 Å². The normalized spacial score (nSPS) is 15.6. The Balaban J connectivity index is 1.50. The third-order valence-corrected chi connectivity index (χ3v) is 5.05. The smallest absolute Gasteiger partial charge is 0.262 e. The highest BCUT2D eigenvalue weighted by molar-refractivity contribution is 6.00. The van der Waals surface area contributed by atoms with Gasteiger partial charge in [0.15, 0.2) is 6.61 Å². The molecule has 8 heteroatoms. The summed E-state index contributed by atoms with van der Waals surface area (Å²) in [5.41, 5.74) is 1.31. The number of nitrogens with one attached hydrogen (secondary N) is 2. The number of hydrogen-bond donors (Lipinski definition) is 2. The number of benzene rings is 2. The van der Waals surface area contributed by atoms with E-state index >= 15 is 0 Å². The van der Waals surface area contributed by atoms with Crippen LogP contribution in [0.5, 0.6) is 11.5 Å². The Morgan fingerprint density at radius 2 is 1.88 bits per heavy atom. The highest BCUT2D eigenvalue weighted by atomic mass is 16.5. The molecule has 8 nitrogen and oxygen atoms in total. The first-order valence-electron chi connectivity index (χ1n) is 10.6. The monoisotopic (exact) mass is 439 g/mol. The summed E-state index contributed by atoms with van der Waals surface area (Å²) in [5.74, 6) is 0.697. The number of carbonyl (C=O) groups is 3. The maximum Gasteiger partial charge on any atom is 0.262 e. The molecule has 1 fully saturated rings. The third-order valence-electron chi connectivity index (χ3n) is 5.05. The molecule has 0 spiro atoms. The minimum Gasteiger partial charge on any atom is -0.497 e. The van der Waals surface area contributed by atoms with E-state index in [0.29, 0.717) is 41.9 Å². The molecule has 3 rings (SSSR count). The molecule has 0 aromatic heterocycles. The molecule has 3 amide bonds. The summed E-state index contributed by atoms with van der Waals surface area (Å²) < 4.78 is 10.7. The van der Waals surface area contributed by atoms with Gasteiger partial charge in [-0.3, -0.25) is 14.4 Å². The molecule has 1 aliphatic heterocycles. The summed E-state index contributed by atoms with van der Waals surface area (Å²) >= 11 is 0. The first-order valence-corrected chi connectivity index (χ1v) is 10.6. The zero-order valence-corrected chi connectivity index (χ0v) is 18.6. The minimum absolute atomic E-state index is 0.0824. The Morgan fingerprint density at radius 3 is 2.56 bits per heavy atom. The van der Waals surface area contributed by atoms with Crippen LogP contribution in [-0.4, -0.2) is 44.5 Å². The third kappa shape index (κ3) is 6.23. The Labute approximate surface area is 187 Å². The van der Waals surface area contributed by atoms with Crippen LogP contribution in [0.1, 0.15) is 20.3 Å². The number of amides is 3. The highest BCUT2D eigenvalue weighted by Crippen LogP contribution is 2.27. The lowest BCUT2D eigenvalue weighted by molar-refractivity contribution is -0.126. The van der Waals surface area contributed by atoms with Crippen molar-refractivity contribution < 1.29 is 23.9 Å². The van der Waals surface area contributed by atoms with Gasteiger partial charge in [0.1, 0.15) is 11.5 Å². The van der Waals surface area contributed by atoms with Crippen LogP contribution in [0.4, 0.5) is 11.4 Å². The molecule has 2 N–H and O–H groups in total. The van der Waals surface area contributed by atoms with Crippen molar-refractivity contribution in [3.63, 3.8) is 0 Å². The highest BCUT2D eigenvalue weighted by Gasteiger charge is 2.35. The van der Waals surface area contributed by atoms with Gasteiger partial charge in [0.05, 0.1) is 13.0 Å². The Bertz CT molecular complexity index is 958. The lowest BCUT2D eigenvalue weighted by Gasteiger charge is -2.17. The Morgan fingerprint density at radius 1 is 1.12 bits per heavy atom. The predicted octanol–water partition coefficient (Wildman–Crippen LogP) is 2.84. The van der Waals surface area contributed by atoms with E-state index in [0.717, 1.165) is 0 Å². The molecule has 1 aliphatic rings. The number of hydrogen-bond acceptors (Lipinski definition) is 5. The van der Waals surface area contributed by atoms with Crippen LogP contribution < -0.4 is 25.0 Å². The number of carbonyl (C=O) groups excluding carboxylic acids is 3. The van der Waals surface area contributed by atoms with Crippen LogP contribution in [0, 0.1) is 11.8 Å². The summed E-state index contributed by atoms with van der Waals surface area (Å²) in [6, 6.07) is 14.0. The van der Waals surface area contributed by atoms with Crippen LogP contribution in [0.2, 0.25) is 0 Å². The standard InChI is InChI=1S/C24H29N3O5/c1-16(2)13-25-24(30)17-11-23(29)27(14-17)19-7-9-20(10-8-19)32-15-22(28)26-18-5-4-6-21(12-18)31-3/h4-10,12,16-17H,11,13-15H2,1-3H3,(H,25,30)(H,26,28). The summed E-state index contributed by atoms with van der Waals surface area (Å²) in [6.45, 7) is 4.85. The minimum atomic E-state index is -0.350. The van der Waals surface area contributed by atoms with Gasteiger partial charge in [0.2, 0.25) is 11.8 Å². The average molecular weight is 440 g/mol. The second kappa shape index (κ2) is 10.7. The first kappa shape index (κ1) is 23.1. The van der Waals surface area contributed by atoms with Crippen molar-refractivity contribution in [2.75, 3.05) is 37.0 Å². The second-order valence-electron chi connectivity index (χ2n) is 8.11. The predicted molar refractivity (Wildman–Crippen MR) is 122 cm³/mol. The zero-order valence-electron chi connectivity index (χ0n) is 18.6. The summed E-state index contributed by atoms with van der Waals surface area (Å²) in [5, 5.41) is 5.64. The van der Waals surface area contributed by atoms with E-state index in [1.807, 2.05) is 13.8 Å². The molecule has 2 aromatic carbocycles. The van der Waals surface area contributed by atoms with E-state index in [4.69, 9.17) is 9.47 Å². The largest absolute Gasteiger partial charge is 0.497 e. The topological polar surface area (TPSA) is 97.0 Å². The zero-order chi connectivity index (χ0) is 23.1. The van der Waals surface area contributed by atoms with E-state index < -0.39 is 0 Å². The molecule has 1 unspecified atom stereocenters. The van der Waals surface area contributed by atoms with Gasteiger partial charge in [-0.2, -0.15) is 0 Å². The van der Waals surface area contributed by atoms with Crippen molar-refractivity contribution in [3.8, 4) is 11.5 Å². The molecule has 0 saturated carbocycles. The van der Waals surface area contributed by atoms with Gasteiger partial charge in [0.25, 0.3) is 5.91 Å². The number of ether oxygens (including phenoxy) is 2. The maximum absolute atomic E-state index is 12.4. The fraction of sp³-hybridized carbons (Fsp3) is 0.375. The van der Waals surface area contributed by atoms with Crippen molar-refractivity contribution in [2.45, 2.75) is 20.3 Å². The van der Waals surface area contributed by atoms with Gasteiger partial charge < -0.3 is 25.0 Å². The number of methoxy groups -OCH3 is 1. The lowest BCUT2D eigenvalue weighted by atomic mass is 10.1. The van der Waals surface area contributed by atoms with Crippen molar-refractivity contribution >= 4 is 29.1 Å². The van der Waals surface area contributed by atoms with Crippen LogP contribution in [-0.2, 0) is 14.4 Å². The molecule has 0 aliphatic carbocycles. The SMILES string of the molecule is COc1cccc(NC(=O)COc2ccc(N3CC(C(=O)NCC(C)C)CC3=O)cc2)c1. The Hall–Kier alpha value is -3.55. The summed E-state index contributed by atoms with van der Waals surface area (Å²) in [7, 11) is 1.56. The fourth-order valence-electron chi connectivity index (χ4n) is 3.35. The van der Waals surface area contributed by atoms with Gasteiger partial charge in [-0.1, -0.05) is 19.9 Å². The van der Waals surface area contributed by atoms with Crippen molar-refractivity contribution in [3.05, 3.63) is 48.5 Å². The van der Waals surface area contributed by atoms with Gasteiger partial charge in [-0.25, -0.2) is 0 Å². The lowest BCUT2D eigenvalue weighted by Crippen LogP contribution is -2.35. The van der Waals surface area contributed by atoms with Crippen molar-refractivity contribution in [1.29, 1.82) is 0 Å². The molecule has 32 heavy (non-hydrogen) atoms. The second-order valence-corrected chi connectivity index (χ2v) is 8.11.